The Hall–Kier alpha value is -2.66. The molecule has 2 aromatic rings. The van der Waals surface area contributed by atoms with E-state index in [1.807, 2.05) is 12.1 Å². The van der Waals surface area contributed by atoms with Crippen LogP contribution in [-0.2, 0) is 26.7 Å². The lowest BCUT2D eigenvalue weighted by Gasteiger charge is -2.37. The van der Waals surface area contributed by atoms with E-state index in [0.29, 0.717) is 5.69 Å². The number of fused-ring (bicyclic) bond motifs is 1. The van der Waals surface area contributed by atoms with Crippen LogP contribution in [0.25, 0.3) is 0 Å². The number of anilines is 1. The van der Waals surface area contributed by atoms with Crippen molar-refractivity contribution in [2.24, 2.45) is 5.41 Å². The summed E-state index contributed by atoms with van der Waals surface area (Å²) in [6, 6.07) is 9.07. The molecule has 2 saturated heterocycles. The number of nitrogens with zero attached hydrogens (tertiary/aromatic N) is 3. The van der Waals surface area contributed by atoms with Gasteiger partial charge in [0.1, 0.15) is 0 Å². The molecule has 11 heteroatoms. The fraction of sp³-hybridized carbons (Fsp3) is 0.556. The van der Waals surface area contributed by atoms with Gasteiger partial charge in [0.15, 0.2) is 6.04 Å². The molecule has 0 radical (unpaired) electrons. The second kappa shape index (κ2) is 9.22. The number of nitrogens with one attached hydrogen (secondary N) is 1. The maximum absolute atomic E-state index is 14.3. The molecule has 3 heterocycles. The maximum Gasteiger partial charge on any atom is 0.414 e. The standard InChI is InChI=1S/C27H33F3N4O3S/c1-25(2)20-7-5-4-6-18(20)16-22(25)32-19-8-9-21(31-17-19)23(27(28,29)30)34-15-12-26(24(34)35)10-13-33(14-11-26)38(3,36)37/h4-9,17,22-23,32H,10-16H2,1-3H3/t22-,23-/m0/s1. The van der Waals surface area contributed by atoms with Crippen molar-refractivity contribution in [2.75, 3.05) is 31.2 Å². The van der Waals surface area contributed by atoms with Crippen LogP contribution in [0.2, 0.25) is 0 Å². The Labute approximate surface area is 221 Å². The third kappa shape index (κ3) is 4.68. The van der Waals surface area contributed by atoms with Crippen molar-refractivity contribution in [3.8, 4) is 0 Å². The van der Waals surface area contributed by atoms with Crippen molar-refractivity contribution in [3.05, 3.63) is 59.4 Å². The zero-order chi connectivity index (χ0) is 27.5. The van der Waals surface area contributed by atoms with Crippen molar-refractivity contribution in [2.45, 2.75) is 63.2 Å². The van der Waals surface area contributed by atoms with Gasteiger partial charge in [-0.2, -0.15) is 13.2 Å². The van der Waals surface area contributed by atoms with E-state index in [4.69, 9.17) is 0 Å². The SMILES string of the molecule is CC1(C)c2ccccc2C[C@@H]1Nc1ccc([C@H](N2CCC3(CCN(S(C)(=O)=O)CC3)C2=O)C(F)(F)F)nc1. The van der Waals surface area contributed by atoms with Crippen LogP contribution in [-0.4, -0.2) is 66.6 Å². The van der Waals surface area contributed by atoms with Gasteiger partial charge in [0.2, 0.25) is 15.9 Å². The molecule has 1 aromatic heterocycles. The Morgan fingerprint density at radius 2 is 1.71 bits per heavy atom. The number of aromatic nitrogens is 1. The largest absolute Gasteiger partial charge is 0.414 e. The molecular weight excluding hydrogens is 517 g/mol. The molecule has 1 amide bonds. The van der Waals surface area contributed by atoms with E-state index in [-0.39, 0.29) is 56.0 Å². The first kappa shape index (κ1) is 26.9. The summed E-state index contributed by atoms with van der Waals surface area (Å²) in [5.41, 5.74) is 1.78. The Kier molecular flexibility index (Phi) is 6.53. The number of alkyl halides is 3. The van der Waals surface area contributed by atoms with E-state index >= 15 is 0 Å². The van der Waals surface area contributed by atoms with Gasteiger partial charge in [-0.1, -0.05) is 38.1 Å². The number of likely N-dealkylation sites (tertiary alicyclic amines) is 1. The third-order valence-electron chi connectivity index (χ3n) is 8.73. The molecule has 3 aliphatic rings. The number of benzene rings is 1. The van der Waals surface area contributed by atoms with E-state index < -0.39 is 33.6 Å². The highest BCUT2D eigenvalue weighted by molar-refractivity contribution is 7.88. The quantitative estimate of drug-likeness (QED) is 0.601. The second-order valence-electron chi connectivity index (χ2n) is 11.4. The maximum atomic E-state index is 14.3. The normalized spacial score (nSPS) is 24.0. The summed E-state index contributed by atoms with van der Waals surface area (Å²) in [4.78, 5) is 18.5. The van der Waals surface area contributed by atoms with Gasteiger partial charge in [-0.25, -0.2) is 12.7 Å². The Morgan fingerprint density at radius 3 is 2.29 bits per heavy atom. The second-order valence-corrected chi connectivity index (χ2v) is 13.4. The average molecular weight is 551 g/mol. The van der Waals surface area contributed by atoms with Gasteiger partial charge >= 0.3 is 6.18 Å². The number of hydrogen-bond donors (Lipinski definition) is 1. The van der Waals surface area contributed by atoms with Crippen molar-refractivity contribution >= 4 is 21.6 Å². The van der Waals surface area contributed by atoms with Gasteiger partial charge in [0, 0.05) is 31.1 Å². The highest BCUT2D eigenvalue weighted by Gasteiger charge is 2.56. The highest BCUT2D eigenvalue weighted by Crippen LogP contribution is 2.48. The summed E-state index contributed by atoms with van der Waals surface area (Å²) in [5, 5.41) is 3.45. The van der Waals surface area contributed by atoms with E-state index in [1.54, 1.807) is 6.07 Å². The van der Waals surface area contributed by atoms with Crippen molar-refractivity contribution < 1.29 is 26.4 Å². The number of halogens is 3. The van der Waals surface area contributed by atoms with Crippen LogP contribution >= 0.6 is 0 Å². The monoisotopic (exact) mass is 550 g/mol. The minimum Gasteiger partial charge on any atom is -0.380 e. The number of hydrogen-bond acceptors (Lipinski definition) is 5. The molecule has 1 aliphatic carbocycles. The van der Waals surface area contributed by atoms with E-state index in [0.717, 1.165) is 17.6 Å². The fourth-order valence-corrected chi connectivity index (χ4v) is 7.23. The Morgan fingerprint density at radius 1 is 1.05 bits per heavy atom. The predicted octanol–water partition coefficient (Wildman–Crippen LogP) is 4.27. The van der Waals surface area contributed by atoms with E-state index in [2.05, 4.69) is 36.3 Å². The molecule has 206 valence electrons. The van der Waals surface area contributed by atoms with Gasteiger partial charge in [-0.15, -0.1) is 0 Å². The van der Waals surface area contributed by atoms with Crippen LogP contribution in [0.5, 0.6) is 0 Å². The van der Waals surface area contributed by atoms with Gasteiger partial charge in [0.05, 0.1) is 29.2 Å². The number of piperidine rings is 1. The first-order chi connectivity index (χ1) is 17.7. The minimum absolute atomic E-state index is 0.0436. The first-order valence-electron chi connectivity index (χ1n) is 12.9. The Balaban J connectivity index is 1.33. The van der Waals surface area contributed by atoms with E-state index in [1.165, 1.54) is 27.7 Å². The molecule has 2 fully saturated rings. The molecule has 2 atom stereocenters. The van der Waals surface area contributed by atoms with Gasteiger partial charge in [-0.05, 0) is 48.9 Å². The average Bonchev–Trinajstić information content (AvgIpc) is 3.27. The smallest absolute Gasteiger partial charge is 0.380 e. The molecule has 1 spiro atoms. The van der Waals surface area contributed by atoms with Gasteiger partial charge in [-0.3, -0.25) is 9.78 Å². The van der Waals surface area contributed by atoms with Crippen molar-refractivity contribution in [1.82, 2.24) is 14.2 Å². The lowest BCUT2D eigenvalue weighted by molar-refractivity contribution is -0.191. The van der Waals surface area contributed by atoms with Gasteiger partial charge < -0.3 is 10.2 Å². The highest BCUT2D eigenvalue weighted by atomic mass is 32.2. The Bertz CT molecular complexity index is 1320. The van der Waals surface area contributed by atoms with Crippen LogP contribution in [0.4, 0.5) is 18.9 Å². The lowest BCUT2D eigenvalue weighted by Crippen LogP contribution is -2.48. The lowest BCUT2D eigenvalue weighted by atomic mass is 9.77. The molecule has 0 saturated carbocycles. The summed E-state index contributed by atoms with van der Waals surface area (Å²) in [6.45, 7) is 4.52. The molecule has 1 aromatic carbocycles. The van der Waals surface area contributed by atoms with Crippen molar-refractivity contribution in [3.63, 3.8) is 0 Å². The summed E-state index contributed by atoms with van der Waals surface area (Å²) < 4.78 is 68.0. The predicted molar refractivity (Wildman–Crippen MR) is 138 cm³/mol. The summed E-state index contributed by atoms with van der Waals surface area (Å²) in [6.07, 6.45) is -0.681. The summed E-state index contributed by atoms with van der Waals surface area (Å²) in [7, 11) is -3.41. The number of carbonyl (C=O) groups is 1. The minimum atomic E-state index is -4.70. The molecule has 0 unspecified atom stereocenters. The first-order valence-corrected chi connectivity index (χ1v) is 14.7. The topological polar surface area (TPSA) is 82.6 Å². The molecule has 7 nitrogen and oxygen atoms in total. The molecule has 38 heavy (non-hydrogen) atoms. The molecule has 0 bridgehead atoms. The number of amides is 1. The molecule has 2 aliphatic heterocycles. The number of rotatable bonds is 5. The number of carbonyl (C=O) groups excluding carboxylic acids is 1. The third-order valence-corrected chi connectivity index (χ3v) is 10.0. The van der Waals surface area contributed by atoms with Crippen molar-refractivity contribution in [1.29, 1.82) is 0 Å². The zero-order valence-electron chi connectivity index (χ0n) is 21.8. The van der Waals surface area contributed by atoms with E-state index in [9.17, 15) is 26.4 Å². The number of sulfonamides is 1. The van der Waals surface area contributed by atoms with Crippen LogP contribution < -0.4 is 5.32 Å². The molecular formula is C27H33F3N4O3S. The molecule has 5 rings (SSSR count). The molecule has 1 N–H and O–H groups in total. The zero-order valence-corrected chi connectivity index (χ0v) is 22.6. The summed E-state index contributed by atoms with van der Waals surface area (Å²) in [5.74, 6) is -0.567. The van der Waals surface area contributed by atoms with Crippen LogP contribution in [0, 0.1) is 5.41 Å². The number of pyridine rings is 1. The van der Waals surface area contributed by atoms with Gasteiger partial charge in [0.25, 0.3) is 0 Å². The van der Waals surface area contributed by atoms with Crippen LogP contribution in [0.1, 0.15) is 56.0 Å². The summed E-state index contributed by atoms with van der Waals surface area (Å²) >= 11 is 0. The van der Waals surface area contributed by atoms with Crippen LogP contribution in [0.3, 0.4) is 0 Å². The fourth-order valence-electron chi connectivity index (χ4n) is 6.38. The van der Waals surface area contributed by atoms with Crippen LogP contribution in [0.15, 0.2) is 42.6 Å².